The molecule has 9 nitrogen and oxygen atoms in total. The Hall–Kier alpha value is -4.12. The van der Waals surface area contributed by atoms with Gasteiger partial charge in [0.15, 0.2) is 11.6 Å². The van der Waals surface area contributed by atoms with Gasteiger partial charge >= 0.3 is 5.97 Å². The Balaban J connectivity index is 1.44. The predicted octanol–water partition coefficient (Wildman–Crippen LogP) is 4.87. The summed E-state index contributed by atoms with van der Waals surface area (Å²) in [6.07, 6.45) is 0.207. The van der Waals surface area contributed by atoms with Crippen LogP contribution in [0.15, 0.2) is 65.6 Å². The lowest BCUT2D eigenvalue weighted by molar-refractivity contribution is -0.145. The van der Waals surface area contributed by atoms with Crippen LogP contribution < -0.4 is 13.8 Å². The first-order valence-electron chi connectivity index (χ1n) is 13.8. The first-order chi connectivity index (χ1) is 20.1. The zero-order valence-electron chi connectivity index (χ0n) is 23.5. The Kier molecular flexibility index (Phi) is 8.40. The first-order valence-corrected chi connectivity index (χ1v) is 15.3. The summed E-state index contributed by atoms with van der Waals surface area (Å²) in [5.74, 6) is -1.83. The number of aliphatic carboxylic acids is 1. The van der Waals surface area contributed by atoms with Crippen LogP contribution in [0.25, 0.3) is 11.1 Å². The molecule has 2 aliphatic heterocycles. The minimum absolute atomic E-state index is 0.0551. The molecule has 0 bridgehead atoms. The number of anilines is 1. The van der Waals surface area contributed by atoms with Gasteiger partial charge < -0.3 is 19.5 Å². The Morgan fingerprint density at radius 3 is 2.48 bits per heavy atom. The molecule has 2 heterocycles. The minimum Gasteiger partial charge on any atom is -0.497 e. The molecule has 2 aliphatic rings. The number of amides is 1. The van der Waals surface area contributed by atoms with E-state index in [4.69, 9.17) is 9.47 Å². The van der Waals surface area contributed by atoms with Gasteiger partial charge in [-0.2, -0.15) is 0 Å². The number of halogens is 1. The van der Waals surface area contributed by atoms with Crippen molar-refractivity contribution in [1.29, 1.82) is 0 Å². The Bertz CT molecular complexity index is 1600. The van der Waals surface area contributed by atoms with E-state index < -0.39 is 33.8 Å². The van der Waals surface area contributed by atoms with Crippen molar-refractivity contribution < 1.29 is 37.0 Å². The van der Waals surface area contributed by atoms with Crippen LogP contribution in [-0.2, 0) is 19.6 Å². The monoisotopic (exact) mass is 596 g/mol. The van der Waals surface area contributed by atoms with Crippen LogP contribution >= 0.6 is 0 Å². The fourth-order valence-electron chi connectivity index (χ4n) is 5.44. The topological polar surface area (TPSA) is 113 Å². The van der Waals surface area contributed by atoms with Crippen LogP contribution in [-0.4, -0.2) is 63.1 Å². The third kappa shape index (κ3) is 6.06. The lowest BCUT2D eigenvalue weighted by Crippen LogP contribution is -2.45. The number of benzene rings is 3. The number of carbonyl (C=O) groups excluding carboxylic acids is 1. The van der Waals surface area contributed by atoms with Crippen molar-refractivity contribution in [3.05, 3.63) is 72.0 Å². The lowest BCUT2D eigenvalue weighted by atomic mass is 9.97. The summed E-state index contributed by atoms with van der Waals surface area (Å²) >= 11 is 0. The number of sulfonamides is 1. The van der Waals surface area contributed by atoms with E-state index >= 15 is 4.39 Å². The number of nitrogens with zero attached hydrogens (tertiary/aromatic N) is 2. The SMILES string of the molecule is COc1cccc(-c2cc(F)c3c(c2)N(S(=O)(=O)c2cccc(C)c2)C[C@H](CCC(=O)N2CCC(C(=O)O)CC2)O3)c1. The van der Waals surface area contributed by atoms with Crippen molar-refractivity contribution in [3.8, 4) is 22.6 Å². The van der Waals surface area contributed by atoms with E-state index in [0.29, 0.717) is 42.8 Å². The van der Waals surface area contributed by atoms with Crippen molar-refractivity contribution >= 4 is 27.6 Å². The van der Waals surface area contributed by atoms with Crippen molar-refractivity contribution in [2.75, 3.05) is 31.0 Å². The van der Waals surface area contributed by atoms with Gasteiger partial charge in [-0.1, -0.05) is 24.3 Å². The lowest BCUT2D eigenvalue weighted by Gasteiger charge is -2.36. The maximum absolute atomic E-state index is 15.7. The maximum atomic E-state index is 15.7. The Labute approximate surface area is 244 Å². The number of rotatable bonds is 8. The van der Waals surface area contributed by atoms with Crippen LogP contribution in [0.4, 0.5) is 10.1 Å². The smallest absolute Gasteiger partial charge is 0.306 e. The molecule has 1 amide bonds. The van der Waals surface area contributed by atoms with Crippen LogP contribution in [0.5, 0.6) is 11.5 Å². The number of aryl methyl sites for hydroxylation is 1. The second kappa shape index (κ2) is 12.0. The highest BCUT2D eigenvalue weighted by atomic mass is 32.2. The number of ether oxygens (including phenoxy) is 2. The minimum atomic E-state index is -4.12. The fourth-order valence-corrected chi connectivity index (χ4v) is 7.03. The number of carboxylic acid groups (broad SMARTS) is 1. The molecule has 3 aromatic rings. The molecule has 0 unspecified atom stereocenters. The summed E-state index contributed by atoms with van der Waals surface area (Å²) in [5, 5.41) is 9.22. The van der Waals surface area contributed by atoms with Gasteiger partial charge in [-0.05, 0) is 79.3 Å². The second-order valence-electron chi connectivity index (χ2n) is 10.7. The van der Waals surface area contributed by atoms with Gasteiger partial charge in [0, 0.05) is 19.5 Å². The third-order valence-corrected chi connectivity index (χ3v) is 9.58. The van der Waals surface area contributed by atoms with Crippen LogP contribution in [0.1, 0.15) is 31.2 Å². The van der Waals surface area contributed by atoms with Crippen molar-refractivity contribution in [3.63, 3.8) is 0 Å². The number of hydrogen-bond acceptors (Lipinski definition) is 6. The number of methoxy groups -OCH3 is 1. The van der Waals surface area contributed by atoms with E-state index in [9.17, 15) is 23.1 Å². The van der Waals surface area contributed by atoms with Gasteiger partial charge in [0.2, 0.25) is 5.91 Å². The molecule has 1 fully saturated rings. The Morgan fingerprint density at radius 2 is 1.79 bits per heavy atom. The fraction of sp³-hybridized carbons (Fsp3) is 0.355. The summed E-state index contributed by atoms with van der Waals surface area (Å²) in [7, 11) is -2.59. The van der Waals surface area contributed by atoms with Gasteiger partial charge in [-0.15, -0.1) is 0 Å². The molecule has 42 heavy (non-hydrogen) atoms. The predicted molar refractivity (Wildman–Crippen MR) is 155 cm³/mol. The third-order valence-electron chi connectivity index (χ3n) is 7.80. The molecule has 0 radical (unpaired) electrons. The van der Waals surface area contributed by atoms with Crippen LogP contribution in [0.3, 0.4) is 0 Å². The number of piperidine rings is 1. The van der Waals surface area contributed by atoms with Crippen molar-refractivity contribution in [2.45, 2.75) is 43.6 Å². The summed E-state index contributed by atoms with van der Waals surface area (Å²) in [4.78, 5) is 25.9. The molecule has 1 saturated heterocycles. The molecular weight excluding hydrogens is 563 g/mol. The highest BCUT2D eigenvalue weighted by Crippen LogP contribution is 2.43. The average molecular weight is 597 g/mol. The van der Waals surface area contributed by atoms with Crippen LogP contribution in [0, 0.1) is 18.7 Å². The summed E-state index contributed by atoms with van der Waals surface area (Å²) in [5.41, 5.74) is 1.93. The zero-order valence-corrected chi connectivity index (χ0v) is 24.3. The van der Waals surface area contributed by atoms with E-state index in [2.05, 4.69) is 0 Å². The van der Waals surface area contributed by atoms with E-state index in [1.165, 1.54) is 23.5 Å². The molecule has 222 valence electrons. The standard InChI is InChI=1S/C31H33FN2O7S/c1-20-5-3-8-26(15-20)42(38,39)34-19-25(9-10-29(35)33-13-11-21(12-14-33)31(36)37)41-30-27(32)17-23(18-28(30)34)22-6-4-7-24(16-22)40-2/h3-8,15-18,21,25H,9-14,19H2,1-2H3,(H,36,37)/t25-/m0/s1. The number of hydrogen-bond donors (Lipinski definition) is 1. The zero-order chi connectivity index (χ0) is 30.0. The number of carboxylic acids is 1. The van der Waals surface area contributed by atoms with Crippen molar-refractivity contribution in [1.82, 2.24) is 4.90 Å². The van der Waals surface area contributed by atoms with Crippen molar-refractivity contribution in [2.24, 2.45) is 5.92 Å². The Morgan fingerprint density at radius 1 is 1.05 bits per heavy atom. The number of likely N-dealkylation sites (tertiary alicyclic amines) is 1. The summed E-state index contributed by atoms with van der Waals surface area (Å²) < 4.78 is 56.1. The van der Waals surface area contributed by atoms with Crippen LogP contribution in [0.2, 0.25) is 0 Å². The highest BCUT2D eigenvalue weighted by Gasteiger charge is 2.37. The molecule has 11 heteroatoms. The number of carbonyl (C=O) groups is 2. The molecular formula is C31H33FN2O7S. The maximum Gasteiger partial charge on any atom is 0.306 e. The second-order valence-corrected chi connectivity index (χ2v) is 12.5. The van der Waals surface area contributed by atoms with Gasteiger partial charge in [0.1, 0.15) is 11.9 Å². The number of fused-ring (bicyclic) bond motifs is 1. The van der Waals surface area contributed by atoms with E-state index in [-0.39, 0.29) is 41.6 Å². The van der Waals surface area contributed by atoms with Gasteiger partial charge in [-0.3, -0.25) is 13.9 Å². The van der Waals surface area contributed by atoms with E-state index in [1.807, 2.05) is 0 Å². The first kappa shape index (κ1) is 29.4. The highest BCUT2D eigenvalue weighted by molar-refractivity contribution is 7.92. The molecule has 1 atom stereocenters. The normalized spacial score (nSPS) is 17.4. The molecule has 0 spiro atoms. The molecule has 0 aromatic heterocycles. The van der Waals surface area contributed by atoms with Gasteiger partial charge in [0.25, 0.3) is 10.0 Å². The van der Waals surface area contributed by atoms with E-state index in [1.54, 1.807) is 60.4 Å². The molecule has 5 rings (SSSR count). The molecule has 1 N–H and O–H groups in total. The molecule has 0 aliphatic carbocycles. The summed E-state index contributed by atoms with van der Waals surface area (Å²) in [6.45, 7) is 2.37. The molecule has 3 aromatic carbocycles. The van der Waals surface area contributed by atoms with E-state index in [0.717, 1.165) is 5.56 Å². The van der Waals surface area contributed by atoms with Gasteiger partial charge in [-0.25, -0.2) is 12.8 Å². The van der Waals surface area contributed by atoms with Gasteiger partial charge in [0.05, 0.1) is 30.2 Å². The quantitative estimate of drug-likeness (QED) is 0.395. The molecule has 0 saturated carbocycles. The largest absolute Gasteiger partial charge is 0.497 e. The summed E-state index contributed by atoms with van der Waals surface area (Å²) in [6, 6.07) is 16.4. The average Bonchev–Trinajstić information content (AvgIpc) is 2.99.